The van der Waals surface area contributed by atoms with Crippen molar-refractivity contribution in [3.63, 3.8) is 0 Å². The first-order chi connectivity index (χ1) is 9.28. The van der Waals surface area contributed by atoms with Crippen LogP contribution < -0.4 is 10.6 Å². The number of aryl methyl sites for hydroxylation is 1. The molecule has 0 aromatic carbocycles. The minimum absolute atomic E-state index is 0.893. The van der Waals surface area contributed by atoms with Crippen LogP contribution in [0.4, 0.5) is 11.5 Å². The van der Waals surface area contributed by atoms with Crippen molar-refractivity contribution in [1.82, 2.24) is 9.97 Å². The molecule has 0 saturated heterocycles. The van der Waals surface area contributed by atoms with Crippen LogP contribution in [-0.2, 0) is 6.42 Å². The molecule has 2 N–H and O–H groups in total. The molecule has 2 aromatic rings. The fourth-order valence-corrected chi connectivity index (χ4v) is 2.50. The van der Waals surface area contributed by atoms with Gasteiger partial charge < -0.3 is 10.6 Å². The normalized spacial score (nSPS) is 10.4. The van der Waals surface area contributed by atoms with Gasteiger partial charge in [-0.15, -0.1) is 11.3 Å². The molecule has 2 heterocycles. The zero-order chi connectivity index (χ0) is 13.5. The molecule has 2 rings (SSSR count). The molecule has 0 aliphatic carbocycles. The van der Waals surface area contributed by atoms with Crippen molar-refractivity contribution in [3.05, 3.63) is 34.4 Å². The van der Waals surface area contributed by atoms with Crippen LogP contribution in [0.3, 0.4) is 0 Å². The first kappa shape index (κ1) is 13.8. The van der Waals surface area contributed by atoms with E-state index >= 15 is 0 Å². The molecule has 0 fully saturated rings. The van der Waals surface area contributed by atoms with Crippen molar-refractivity contribution in [3.8, 4) is 0 Å². The van der Waals surface area contributed by atoms with E-state index in [1.54, 1.807) is 11.3 Å². The molecule has 0 aliphatic heterocycles. The van der Waals surface area contributed by atoms with E-state index in [9.17, 15) is 0 Å². The van der Waals surface area contributed by atoms with E-state index < -0.39 is 0 Å². The van der Waals surface area contributed by atoms with Gasteiger partial charge in [0, 0.05) is 48.5 Å². The molecule has 0 spiro atoms. The second-order valence-corrected chi connectivity index (χ2v) is 5.36. The van der Waals surface area contributed by atoms with Crippen molar-refractivity contribution < 1.29 is 0 Å². The zero-order valence-electron chi connectivity index (χ0n) is 11.4. The fourth-order valence-electron chi connectivity index (χ4n) is 1.72. The van der Waals surface area contributed by atoms with Gasteiger partial charge in [-0.1, -0.05) is 6.92 Å². The Morgan fingerprint density at radius 3 is 2.89 bits per heavy atom. The molecule has 0 unspecified atom stereocenters. The van der Waals surface area contributed by atoms with Gasteiger partial charge in [0.25, 0.3) is 0 Å². The van der Waals surface area contributed by atoms with E-state index in [-0.39, 0.29) is 0 Å². The number of pyridine rings is 1. The van der Waals surface area contributed by atoms with E-state index in [1.165, 1.54) is 5.01 Å². The molecule has 0 atom stereocenters. The van der Waals surface area contributed by atoms with Crippen LogP contribution in [0.25, 0.3) is 0 Å². The van der Waals surface area contributed by atoms with Gasteiger partial charge in [-0.3, -0.25) is 0 Å². The van der Waals surface area contributed by atoms with Crippen molar-refractivity contribution in [1.29, 1.82) is 0 Å². The Hall–Kier alpha value is -1.62. The Morgan fingerprint density at radius 2 is 2.16 bits per heavy atom. The third-order valence-corrected chi connectivity index (χ3v) is 3.68. The number of thiazole rings is 1. The van der Waals surface area contributed by atoms with Crippen LogP contribution >= 0.6 is 11.3 Å². The highest BCUT2D eigenvalue weighted by atomic mass is 32.1. The average Bonchev–Trinajstić information content (AvgIpc) is 2.83. The standard InChI is InChI=1S/C14H20N4S/c1-3-6-16-13-9-12(4-7-17-13)15-8-5-14-18-11(2)10-19-14/h4,7,9-10H,3,5-6,8H2,1-2H3,(H2,15,16,17). The predicted molar refractivity (Wildman–Crippen MR) is 82.1 cm³/mol. The first-order valence-corrected chi connectivity index (χ1v) is 7.50. The van der Waals surface area contributed by atoms with Crippen molar-refractivity contribution in [2.45, 2.75) is 26.7 Å². The van der Waals surface area contributed by atoms with Crippen LogP contribution in [-0.4, -0.2) is 23.1 Å². The molecule has 2 aromatic heterocycles. The highest BCUT2D eigenvalue weighted by molar-refractivity contribution is 7.09. The summed E-state index contributed by atoms with van der Waals surface area (Å²) in [4.78, 5) is 8.74. The van der Waals surface area contributed by atoms with Crippen molar-refractivity contribution in [2.75, 3.05) is 23.7 Å². The molecule has 5 heteroatoms. The third-order valence-electron chi connectivity index (χ3n) is 2.65. The number of nitrogens with one attached hydrogen (secondary N) is 2. The van der Waals surface area contributed by atoms with E-state index in [4.69, 9.17) is 0 Å². The lowest BCUT2D eigenvalue weighted by atomic mass is 10.3. The Labute approximate surface area is 118 Å². The molecule has 102 valence electrons. The largest absolute Gasteiger partial charge is 0.384 e. The second-order valence-electron chi connectivity index (χ2n) is 4.42. The molecule has 0 saturated carbocycles. The Kier molecular flexibility index (Phi) is 5.15. The van der Waals surface area contributed by atoms with Crippen LogP contribution in [0.1, 0.15) is 24.0 Å². The average molecular weight is 276 g/mol. The van der Waals surface area contributed by atoms with Gasteiger partial charge in [-0.2, -0.15) is 0 Å². The van der Waals surface area contributed by atoms with Gasteiger partial charge >= 0.3 is 0 Å². The van der Waals surface area contributed by atoms with E-state index in [2.05, 4.69) is 32.9 Å². The van der Waals surface area contributed by atoms with Crippen LogP contribution in [0.15, 0.2) is 23.7 Å². The number of hydrogen-bond acceptors (Lipinski definition) is 5. The molecule has 0 aliphatic rings. The smallest absolute Gasteiger partial charge is 0.127 e. The van der Waals surface area contributed by atoms with Crippen LogP contribution in [0, 0.1) is 6.92 Å². The van der Waals surface area contributed by atoms with Crippen molar-refractivity contribution >= 4 is 22.8 Å². The Morgan fingerprint density at radius 1 is 1.26 bits per heavy atom. The minimum Gasteiger partial charge on any atom is -0.384 e. The number of rotatable bonds is 7. The highest BCUT2D eigenvalue weighted by Crippen LogP contribution is 2.13. The maximum Gasteiger partial charge on any atom is 0.127 e. The molecule has 0 radical (unpaired) electrons. The summed E-state index contributed by atoms with van der Waals surface area (Å²) in [5.41, 5.74) is 2.21. The van der Waals surface area contributed by atoms with Crippen LogP contribution in [0.2, 0.25) is 0 Å². The summed E-state index contributed by atoms with van der Waals surface area (Å²) in [6.45, 7) is 6.02. The second kappa shape index (κ2) is 7.09. The summed E-state index contributed by atoms with van der Waals surface area (Å²) in [7, 11) is 0. The van der Waals surface area contributed by atoms with E-state index in [0.717, 1.165) is 43.1 Å². The fraction of sp³-hybridized carbons (Fsp3) is 0.429. The molecule has 4 nitrogen and oxygen atoms in total. The predicted octanol–water partition coefficient (Wildman–Crippen LogP) is 3.32. The lowest BCUT2D eigenvalue weighted by Crippen LogP contribution is -2.06. The number of nitrogens with zero attached hydrogens (tertiary/aromatic N) is 2. The first-order valence-electron chi connectivity index (χ1n) is 6.62. The van der Waals surface area contributed by atoms with Gasteiger partial charge in [0.1, 0.15) is 5.82 Å². The van der Waals surface area contributed by atoms with Gasteiger partial charge in [-0.25, -0.2) is 9.97 Å². The zero-order valence-corrected chi connectivity index (χ0v) is 12.3. The summed E-state index contributed by atoms with van der Waals surface area (Å²) >= 11 is 1.72. The quantitative estimate of drug-likeness (QED) is 0.814. The molecule has 0 bridgehead atoms. The van der Waals surface area contributed by atoms with Gasteiger partial charge in [0.05, 0.1) is 5.01 Å². The van der Waals surface area contributed by atoms with Crippen molar-refractivity contribution in [2.24, 2.45) is 0 Å². The Bertz CT molecular complexity index is 510. The summed E-state index contributed by atoms with van der Waals surface area (Å²) in [5.74, 6) is 0.928. The molecular formula is C14H20N4S. The number of aromatic nitrogens is 2. The van der Waals surface area contributed by atoms with Gasteiger partial charge in [0.2, 0.25) is 0 Å². The van der Waals surface area contributed by atoms with Gasteiger partial charge in [0.15, 0.2) is 0 Å². The number of anilines is 2. The van der Waals surface area contributed by atoms with Crippen LogP contribution in [0.5, 0.6) is 0 Å². The maximum atomic E-state index is 4.45. The Balaban J connectivity index is 1.82. The van der Waals surface area contributed by atoms with E-state index in [0.29, 0.717) is 0 Å². The SMILES string of the molecule is CCCNc1cc(NCCc2nc(C)cs2)ccn1. The monoisotopic (exact) mass is 276 g/mol. The van der Waals surface area contributed by atoms with E-state index in [1.807, 2.05) is 25.3 Å². The topological polar surface area (TPSA) is 49.8 Å². The minimum atomic E-state index is 0.893. The lowest BCUT2D eigenvalue weighted by Gasteiger charge is -2.08. The summed E-state index contributed by atoms with van der Waals surface area (Å²) in [6, 6.07) is 4.03. The number of hydrogen-bond donors (Lipinski definition) is 2. The molecule has 0 amide bonds. The molecule has 19 heavy (non-hydrogen) atoms. The maximum absolute atomic E-state index is 4.45. The third kappa shape index (κ3) is 4.52. The lowest BCUT2D eigenvalue weighted by molar-refractivity contribution is 0.966. The summed E-state index contributed by atoms with van der Waals surface area (Å²) in [5, 5.41) is 9.97. The van der Waals surface area contributed by atoms with Gasteiger partial charge in [-0.05, 0) is 19.4 Å². The summed E-state index contributed by atoms with van der Waals surface area (Å²) in [6.07, 6.45) is 3.88. The summed E-state index contributed by atoms with van der Waals surface area (Å²) < 4.78 is 0. The molecular weight excluding hydrogens is 256 g/mol. The highest BCUT2D eigenvalue weighted by Gasteiger charge is 1.99.